The summed E-state index contributed by atoms with van der Waals surface area (Å²) in [4.78, 5) is 13.3. The predicted octanol–water partition coefficient (Wildman–Crippen LogP) is 0.00460. The Bertz CT molecular complexity index is 184. The predicted molar refractivity (Wildman–Crippen MR) is 48.3 cm³/mol. The number of ether oxygens (including phenoxy) is 1. The number of likely N-dealkylation sites (tertiary alicyclic amines) is 1. The number of hydrogen-bond donors (Lipinski definition) is 1. The van der Waals surface area contributed by atoms with Crippen LogP contribution < -0.4 is 0 Å². The quantitative estimate of drug-likeness (QED) is 0.632. The van der Waals surface area contributed by atoms with Crippen LogP contribution >= 0.6 is 0 Å². The van der Waals surface area contributed by atoms with Crippen LogP contribution in [-0.2, 0) is 9.53 Å². The Hall–Kier alpha value is -0.610. The number of carbonyl (C=O) groups is 1. The molecule has 13 heavy (non-hydrogen) atoms. The van der Waals surface area contributed by atoms with Crippen molar-refractivity contribution in [2.75, 3.05) is 19.7 Å². The van der Waals surface area contributed by atoms with Gasteiger partial charge >= 0.3 is 5.97 Å². The van der Waals surface area contributed by atoms with Crippen LogP contribution in [0.2, 0.25) is 0 Å². The highest BCUT2D eigenvalue weighted by molar-refractivity contribution is 5.76. The smallest absolute Gasteiger partial charge is 0.323 e. The Morgan fingerprint density at radius 3 is 2.85 bits per heavy atom. The molecular formula is C9H17NO3. The molecule has 1 fully saturated rings. The van der Waals surface area contributed by atoms with E-state index in [0.717, 1.165) is 6.54 Å². The molecule has 0 radical (unpaired) electrons. The highest BCUT2D eigenvalue weighted by atomic mass is 16.5. The van der Waals surface area contributed by atoms with Gasteiger partial charge in [-0.25, -0.2) is 0 Å². The van der Waals surface area contributed by atoms with E-state index in [0.29, 0.717) is 19.6 Å². The van der Waals surface area contributed by atoms with Crippen molar-refractivity contribution in [2.24, 2.45) is 0 Å². The molecule has 1 saturated heterocycles. The zero-order valence-electron chi connectivity index (χ0n) is 8.19. The summed E-state index contributed by atoms with van der Waals surface area (Å²) in [6.45, 7) is 5.54. The lowest BCUT2D eigenvalue weighted by Gasteiger charge is -2.19. The van der Waals surface area contributed by atoms with Crippen LogP contribution in [0.1, 0.15) is 20.3 Å². The highest BCUT2D eigenvalue weighted by Gasteiger charge is 2.35. The molecule has 1 unspecified atom stereocenters. The fraction of sp³-hybridized carbons (Fsp3) is 0.889. The van der Waals surface area contributed by atoms with E-state index < -0.39 is 0 Å². The van der Waals surface area contributed by atoms with Gasteiger partial charge in [-0.15, -0.1) is 0 Å². The van der Waals surface area contributed by atoms with Gasteiger partial charge in [0.15, 0.2) is 0 Å². The average molecular weight is 187 g/mol. The fourth-order valence-corrected chi connectivity index (χ4v) is 1.71. The molecule has 1 aliphatic heterocycles. The van der Waals surface area contributed by atoms with Crippen molar-refractivity contribution in [1.29, 1.82) is 0 Å². The number of likely N-dealkylation sites (N-methyl/N-ethyl adjacent to an activating group) is 1. The van der Waals surface area contributed by atoms with Gasteiger partial charge in [-0.1, -0.05) is 6.92 Å². The van der Waals surface area contributed by atoms with E-state index in [2.05, 4.69) is 0 Å². The van der Waals surface area contributed by atoms with Gasteiger partial charge in [0.1, 0.15) is 6.04 Å². The van der Waals surface area contributed by atoms with Gasteiger partial charge in [0, 0.05) is 13.0 Å². The SMILES string of the molecule is CCOC(=O)[C@@H]1CC(O)CN1CC. The second-order valence-electron chi connectivity index (χ2n) is 3.24. The largest absolute Gasteiger partial charge is 0.465 e. The number of rotatable bonds is 3. The molecule has 4 heteroatoms. The van der Waals surface area contributed by atoms with Crippen molar-refractivity contribution in [3.8, 4) is 0 Å². The summed E-state index contributed by atoms with van der Waals surface area (Å²) in [6, 6.07) is -0.236. The first-order valence-electron chi connectivity index (χ1n) is 4.77. The molecule has 0 bridgehead atoms. The van der Waals surface area contributed by atoms with Crippen LogP contribution in [0, 0.1) is 0 Å². The molecule has 0 saturated carbocycles. The van der Waals surface area contributed by atoms with Crippen molar-refractivity contribution < 1.29 is 14.6 Å². The maximum absolute atomic E-state index is 11.4. The molecular weight excluding hydrogens is 170 g/mol. The van der Waals surface area contributed by atoms with E-state index in [9.17, 15) is 9.90 Å². The molecule has 0 spiro atoms. The van der Waals surface area contributed by atoms with Crippen LogP contribution in [0.15, 0.2) is 0 Å². The second-order valence-corrected chi connectivity index (χ2v) is 3.24. The number of carbonyl (C=O) groups excluding carboxylic acids is 1. The number of hydrogen-bond acceptors (Lipinski definition) is 4. The molecule has 1 N–H and O–H groups in total. The lowest BCUT2D eigenvalue weighted by molar-refractivity contribution is -0.148. The monoisotopic (exact) mass is 187 g/mol. The molecule has 4 nitrogen and oxygen atoms in total. The first-order chi connectivity index (χ1) is 6.19. The molecule has 1 rings (SSSR count). The van der Waals surface area contributed by atoms with Crippen molar-refractivity contribution in [3.63, 3.8) is 0 Å². The summed E-state index contributed by atoms with van der Waals surface area (Å²) < 4.78 is 4.91. The van der Waals surface area contributed by atoms with E-state index in [1.54, 1.807) is 6.92 Å². The minimum atomic E-state index is -0.380. The first kappa shape index (κ1) is 10.5. The van der Waals surface area contributed by atoms with Crippen LogP contribution in [0.4, 0.5) is 0 Å². The Morgan fingerprint density at radius 1 is 1.62 bits per heavy atom. The summed E-state index contributed by atoms with van der Waals surface area (Å²) in [5.74, 6) is -0.207. The molecule has 2 atom stereocenters. The van der Waals surface area contributed by atoms with E-state index in [4.69, 9.17) is 4.74 Å². The normalized spacial score (nSPS) is 29.2. The van der Waals surface area contributed by atoms with Crippen LogP contribution in [0.3, 0.4) is 0 Å². The van der Waals surface area contributed by atoms with Gasteiger partial charge in [-0.05, 0) is 13.5 Å². The standard InChI is InChI=1S/C9H17NO3/c1-3-10-6-7(11)5-8(10)9(12)13-4-2/h7-8,11H,3-6H2,1-2H3/t7?,8-/m0/s1. The molecule has 0 aromatic rings. The van der Waals surface area contributed by atoms with Crippen LogP contribution in [0.5, 0.6) is 0 Å². The van der Waals surface area contributed by atoms with E-state index >= 15 is 0 Å². The molecule has 0 aliphatic carbocycles. The van der Waals surface area contributed by atoms with Crippen LogP contribution in [-0.4, -0.2) is 47.8 Å². The summed E-state index contributed by atoms with van der Waals surface area (Å²) in [5.41, 5.74) is 0. The third kappa shape index (κ3) is 2.42. The van der Waals surface area contributed by atoms with Gasteiger partial charge < -0.3 is 9.84 Å². The third-order valence-electron chi connectivity index (χ3n) is 2.35. The maximum Gasteiger partial charge on any atom is 0.323 e. The zero-order valence-corrected chi connectivity index (χ0v) is 8.19. The molecule has 1 heterocycles. The fourth-order valence-electron chi connectivity index (χ4n) is 1.71. The third-order valence-corrected chi connectivity index (χ3v) is 2.35. The molecule has 1 aliphatic rings. The number of nitrogens with zero attached hydrogens (tertiary/aromatic N) is 1. The van der Waals surface area contributed by atoms with Crippen molar-refractivity contribution in [1.82, 2.24) is 4.90 Å². The van der Waals surface area contributed by atoms with Gasteiger partial charge in [0.2, 0.25) is 0 Å². The molecule has 0 amide bonds. The van der Waals surface area contributed by atoms with Crippen LogP contribution in [0.25, 0.3) is 0 Å². The van der Waals surface area contributed by atoms with Gasteiger partial charge in [-0.2, -0.15) is 0 Å². The van der Waals surface area contributed by atoms with Gasteiger partial charge in [-0.3, -0.25) is 9.69 Å². The summed E-state index contributed by atoms with van der Waals surface area (Å²) in [5, 5.41) is 9.37. The number of β-amino-alcohol motifs (C(OH)–C–C–N with tert-alkyl or cyclic N) is 1. The number of aliphatic hydroxyl groups excluding tert-OH is 1. The number of aliphatic hydroxyl groups is 1. The van der Waals surface area contributed by atoms with Gasteiger partial charge in [0.25, 0.3) is 0 Å². The summed E-state index contributed by atoms with van der Waals surface area (Å²) in [7, 11) is 0. The lowest BCUT2D eigenvalue weighted by atomic mass is 10.2. The Morgan fingerprint density at radius 2 is 2.31 bits per heavy atom. The van der Waals surface area contributed by atoms with E-state index in [1.165, 1.54) is 0 Å². The summed E-state index contributed by atoms with van der Waals surface area (Å²) in [6.07, 6.45) is 0.126. The highest BCUT2D eigenvalue weighted by Crippen LogP contribution is 2.18. The first-order valence-corrected chi connectivity index (χ1v) is 4.77. The van der Waals surface area contributed by atoms with Gasteiger partial charge in [0.05, 0.1) is 12.7 Å². The van der Waals surface area contributed by atoms with E-state index in [-0.39, 0.29) is 18.1 Å². The number of esters is 1. The maximum atomic E-state index is 11.4. The molecule has 0 aromatic carbocycles. The average Bonchev–Trinajstić information content (AvgIpc) is 2.47. The minimum Gasteiger partial charge on any atom is -0.465 e. The van der Waals surface area contributed by atoms with E-state index in [1.807, 2.05) is 11.8 Å². The second kappa shape index (κ2) is 4.58. The Labute approximate surface area is 78.5 Å². The lowest BCUT2D eigenvalue weighted by Crippen LogP contribution is -2.37. The molecule has 76 valence electrons. The topological polar surface area (TPSA) is 49.8 Å². The minimum absolute atomic E-state index is 0.207. The summed E-state index contributed by atoms with van der Waals surface area (Å²) >= 11 is 0. The zero-order chi connectivity index (χ0) is 9.84. The Kier molecular flexibility index (Phi) is 3.69. The van der Waals surface area contributed by atoms with Crippen molar-refractivity contribution >= 4 is 5.97 Å². The Balaban J connectivity index is 2.52. The molecule has 0 aromatic heterocycles. The van der Waals surface area contributed by atoms with Crippen molar-refractivity contribution in [2.45, 2.75) is 32.4 Å². The van der Waals surface area contributed by atoms with Crippen molar-refractivity contribution in [3.05, 3.63) is 0 Å².